The summed E-state index contributed by atoms with van der Waals surface area (Å²) in [5.74, 6) is 0. The summed E-state index contributed by atoms with van der Waals surface area (Å²) in [5.41, 5.74) is 7.61. The van der Waals surface area contributed by atoms with Crippen LogP contribution in [0.25, 0.3) is 44.6 Å². The third-order valence-electron chi connectivity index (χ3n) is 6.56. The summed E-state index contributed by atoms with van der Waals surface area (Å²) in [5, 5.41) is 13.1. The number of rotatable bonds is 5. The molecule has 9 heteroatoms. The van der Waals surface area contributed by atoms with Crippen LogP contribution in [0.15, 0.2) is 49.1 Å². The molecule has 178 valence electrons. The predicted octanol–water partition coefficient (Wildman–Crippen LogP) is 4.14. The van der Waals surface area contributed by atoms with Gasteiger partial charge >= 0.3 is 0 Å². The topological polar surface area (TPSA) is 102 Å². The summed E-state index contributed by atoms with van der Waals surface area (Å²) in [6.07, 6.45) is 7.44. The number of pyridine rings is 3. The van der Waals surface area contributed by atoms with Crippen LogP contribution in [0.3, 0.4) is 0 Å². The quantitative estimate of drug-likeness (QED) is 0.357. The van der Waals surface area contributed by atoms with Crippen molar-refractivity contribution in [3.63, 3.8) is 0 Å². The van der Waals surface area contributed by atoms with Gasteiger partial charge in [0, 0.05) is 84.6 Å². The highest BCUT2D eigenvalue weighted by Gasteiger charge is 2.19. The van der Waals surface area contributed by atoms with E-state index in [1.165, 1.54) is 5.69 Å². The zero-order valence-corrected chi connectivity index (χ0v) is 20.2. The van der Waals surface area contributed by atoms with Gasteiger partial charge in [-0.1, -0.05) is 0 Å². The Labute approximate surface area is 203 Å². The maximum Gasteiger partial charge on any atom is 0.181 e. The number of anilines is 2. The second kappa shape index (κ2) is 8.66. The van der Waals surface area contributed by atoms with Crippen molar-refractivity contribution in [3.05, 3.63) is 49.1 Å². The first kappa shape index (κ1) is 21.5. The Kier molecular flexibility index (Phi) is 5.33. The number of piperazine rings is 1. The lowest BCUT2D eigenvalue weighted by atomic mass is 10.1. The Balaban J connectivity index is 1.39. The van der Waals surface area contributed by atoms with Crippen molar-refractivity contribution in [2.24, 2.45) is 0 Å². The van der Waals surface area contributed by atoms with Gasteiger partial charge < -0.3 is 20.1 Å². The molecule has 0 amide bonds. The lowest BCUT2D eigenvalue weighted by Gasteiger charge is -2.34. The molecule has 1 saturated heterocycles. The molecule has 0 aliphatic carbocycles. The second-order valence-corrected chi connectivity index (χ2v) is 9.52. The van der Waals surface area contributed by atoms with E-state index in [2.05, 4.69) is 90.4 Å². The Morgan fingerprint density at radius 3 is 2.60 bits per heavy atom. The van der Waals surface area contributed by atoms with Gasteiger partial charge in [-0.05, 0) is 45.2 Å². The second-order valence-electron chi connectivity index (χ2n) is 9.52. The fourth-order valence-electron chi connectivity index (χ4n) is 4.74. The molecule has 5 aromatic rings. The number of fused-ring (bicyclic) bond motifs is 2. The maximum atomic E-state index is 4.61. The van der Waals surface area contributed by atoms with Crippen molar-refractivity contribution in [2.75, 3.05) is 43.4 Å². The fraction of sp³-hybridized carbons (Fsp3) is 0.308. The zero-order valence-electron chi connectivity index (χ0n) is 20.2. The smallest absolute Gasteiger partial charge is 0.181 e. The van der Waals surface area contributed by atoms with Gasteiger partial charge in [0.05, 0.1) is 17.1 Å². The number of H-pyrrole nitrogens is 2. The van der Waals surface area contributed by atoms with Crippen LogP contribution in [0.5, 0.6) is 0 Å². The molecule has 35 heavy (non-hydrogen) atoms. The number of nitrogens with zero attached hydrogens (tertiary/aromatic N) is 6. The Hall–Kier alpha value is -3.98. The van der Waals surface area contributed by atoms with E-state index >= 15 is 0 Å². The van der Waals surface area contributed by atoms with Crippen molar-refractivity contribution in [1.29, 1.82) is 0 Å². The first-order valence-electron chi connectivity index (χ1n) is 12.0. The molecule has 0 atom stereocenters. The summed E-state index contributed by atoms with van der Waals surface area (Å²) in [6.45, 7) is 8.36. The third-order valence-corrected chi connectivity index (χ3v) is 6.56. The van der Waals surface area contributed by atoms with Crippen molar-refractivity contribution in [3.8, 4) is 22.5 Å². The normalized spacial score (nSPS) is 14.9. The van der Waals surface area contributed by atoms with Crippen LogP contribution < -0.4 is 10.2 Å². The molecular formula is C26H29N9. The SMILES string of the molecule is CC(C)Nc1cncc(-c2cnc3n[nH]c(-c4cc5c(N6CCN(C)CC6)ccnc5[nH]4)c3c2)c1. The summed E-state index contributed by atoms with van der Waals surface area (Å²) in [7, 11) is 2.17. The third kappa shape index (κ3) is 4.08. The molecule has 9 nitrogen and oxygen atoms in total. The van der Waals surface area contributed by atoms with E-state index in [1.807, 2.05) is 24.8 Å². The molecule has 1 aliphatic heterocycles. The van der Waals surface area contributed by atoms with Gasteiger partial charge in [0.1, 0.15) is 5.65 Å². The molecule has 6 heterocycles. The molecule has 0 radical (unpaired) electrons. The van der Waals surface area contributed by atoms with Crippen LogP contribution in [0.1, 0.15) is 13.8 Å². The number of nitrogens with one attached hydrogen (secondary N) is 3. The van der Waals surface area contributed by atoms with E-state index in [9.17, 15) is 0 Å². The van der Waals surface area contributed by atoms with Gasteiger partial charge in [-0.25, -0.2) is 9.97 Å². The van der Waals surface area contributed by atoms with E-state index < -0.39 is 0 Å². The molecule has 3 N–H and O–H groups in total. The van der Waals surface area contributed by atoms with E-state index in [1.54, 1.807) is 0 Å². The Bertz CT molecular complexity index is 1490. The lowest BCUT2D eigenvalue weighted by molar-refractivity contribution is 0.313. The van der Waals surface area contributed by atoms with Crippen LogP contribution in [0.4, 0.5) is 11.4 Å². The monoisotopic (exact) mass is 467 g/mol. The van der Waals surface area contributed by atoms with Crippen molar-refractivity contribution in [2.45, 2.75) is 19.9 Å². The standard InChI is InChI=1S/C26H29N9/c1-16(2)30-19-10-17(13-27-15-19)18-11-21-24(32-33-26(21)29-14-18)22-12-20-23(4-5-28-25(20)31-22)35-8-6-34(3)7-9-35/h4-5,10-16,30H,6-9H2,1-3H3,(H,28,31)(H,29,32,33). The summed E-state index contributed by atoms with van der Waals surface area (Å²) in [4.78, 5) is 21.9. The first-order chi connectivity index (χ1) is 17.0. The first-order valence-corrected chi connectivity index (χ1v) is 12.0. The molecule has 0 unspecified atom stereocenters. The summed E-state index contributed by atoms with van der Waals surface area (Å²) in [6, 6.07) is 8.84. The highest BCUT2D eigenvalue weighted by Crippen LogP contribution is 2.34. The van der Waals surface area contributed by atoms with E-state index in [0.717, 1.165) is 70.8 Å². The van der Waals surface area contributed by atoms with Gasteiger partial charge in [0.2, 0.25) is 0 Å². The van der Waals surface area contributed by atoms with E-state index in [0.29, 0.717) is 11.7 Å². The highest BCUT2D eigenvalue weighted by atomic mass is 15.2. The van der Waals surface area contributed by atoms with Gasteiger partial charge in [0.25, 0.3) is 0 Å². The molecule has 5 aromatic heterocycles. The minimum Gasteiger partial charge on any atom is -0.382 e. The maximum absolute atomic E-state index is 4.61. The molecule has 1 fully saturated rings. The predicted molar refractivity (Wildman–Crippen MR) is 141 cm³/mol. The van der Waals surface area contributed by atoms with Crippen LogP contribution in [-0.4, -0.2) is 74.3 Å². The lowest BCUT2D eigenvalue weighted by Crippen LogP contribution is -2.44. The van der Waals surface area contributed by atoms with Gasteiger partial charge in [0.15, 0.2) is 5.65 Å². The van der Waals surface area contributed by atoms with Crippen molar-refractivity contribution < 1.29 is 0 Å². The van der Waals surface area contributed by atoms with Crippen molar-refractivity contribution in [1.82, 2.24) is 35.0 Å². The van der Waals surface area contributed by atoms with E-state index in [-0.39, 0.29) is 0 Å². The largest absolute Gasteiger partial charge is 0.382 e. The molecule has 0 aromatic carbocycles. The van der Waals surface area contributed by atoms with Gasteiger partial charge in [-0.3, -0.25) is 10.1 Å². The zero-order chi connectivity index (χ0) is 23.9. The minimum absolute atomic E-state index is 0.333. The van der Waals surface area contributed by atoms with Gasteiger partial charge in [-0.2, -0.15) is 5.10 Å². The fourth-order valence-corrected chi connectivity index (χ4v) is 4.74. The van der Waals surface area contributed by atoms with Crippen molar-refractivity contribution >= 4 is 33.4 Å². The average Bonchev–Trinajstić information content (AvgIpc) is 3.48. The number of hydrogen-bond acceptors (Lipinski definition) is 7. The number of aromatic amines is 2. The summed E-state index contributed by atoms with van der Waals surface area (Å²) >= 11 is 0. The van der Waals surface area contributed by atoms with Gasteiger partial charge in [-0.15, -0.1) is 0 Å². The molecule has 0 bridgehead atoms. The number of hydrogen-bond donors (Lipinski definition) is 3. The molecular weight excluding hydrogens is 438 g/mol. The molecule has 0 spiro atoms. The van der Waals surface area contributed by atoms with Crippen LogP contribution in [0, 0.1) is 0 Å². The molecule has 0 saturated carbocycles. The van der Waals surface area contributed by atoms with Crippen LogP contribution in [0.2, 0.25) is 0 Å². The molecule has 1 aliphatic rings. The Morgan fingerprint density at radius 2 is 1.77 bits per heavy atom. The van der Waals surface area contributed by atoms with Crippen LogP contribution in [-0.2, 0) is 0 Å². The number of aromatic nitrogens is 6. The average molecular weight is 468 g/mol. The minimum atomic E-state index is 0.333. The highest BCUT2D eigenvalue weighted by molar-refractivity contribution is 5.98. The Morgan fingerprint density at radius 1 is 0.943 bits per heavy atom. The van der Waals surface area contributed by atoms with E-state index in [4.69, 9.17) is 0 Å². The summed E-state index contributed by atoms with van der Waals surface area (Å²) < 4.78 is 0. The van der Waals surface area contributed by atoms with Crippen LogP contribution >= 0.6 is 0 Å². The number of likely N-dealkylation sites (N-methyl/N-ethyl adjacent to an activating group) is 1. The molecule has 6 rings (SSSR count).